The lowest BCUT2D eigenvalue weighted by Crippen LogP contribution is -2.44. The summed E-state index contributed by atoms with van der Waals surface area (Å²) in [6.07, 6.45) is 2.09. The highest BCUT2D eigenvalue weighted by Gasteiger charge is 2.19. The van der Waals surface area contributed by atoms with E-state index >= 15 is 0 Å². The fourth-order valence-electron chi connectivity index (χ4n) is 2.85. The zero-order chi connectivity index (χ0) is 13.1. The van der Waals surface area contributed by atoms with E-state index in [9.17, 15) is 0 Å². The van der Waals surface area contributed by atoms with E-state index in [2.05, 4.69) is 22.3 Å². The molecule has 0 spiro atoms. The molecule has 2 heterocycles. The molecule has 1 saturated heterocycles. The lowest BCUT2D eigenvalue weighted by Gasteiger charge is -2.27. The highest BCUT2D eigenvalue weighted by atomic mass is 16.5. The minimum Gasteiger partial charge on any atom is -0.493 e. The molecule has 0 radical (unpaired) electrons. The van der Waals surface area contributed by atoms with Gasteiger partial charge in [-0.3, -0.25) is 0 Å². The molecule has 19 heavy (non-hydrogen) atoms. The predicted molar refractivity (Wildman–Crippen MR) is 75.2 cm³/mol. The number of hydrogen-bond donors (Lipinski definition) is 1. The Morgan fingerprint density at radius 2 is 2.16 bits per heavy atom. The smallest absolute Gasteiger partial charge is 0.164 e. The van der Waals surface area contributed by atoms with Crippen molar-refractivity contribution in [1.82, 2.24) is 10.2 Å². The molecule has 104 valence electrons. The van der Waals surface area contributed by atoms with Gasteiger partial charge >= 0.3 is 0 Å². The van der Waals surface area contributed by atoms with Gasteiger partial charge in [0.25, 0.3) is 0 Å². The molecule has 0 unspecified atom stereocenters. The molecule has 4 heteroatoms. The third-order valence-corrected chi connectivity index (χ3v) is 3.96. The van der Waals surface area contributed by atoms with Gasteiger partial charge in [0.05, 0.1) is 13.7 Å². The molecule has 3 rings (SSSR count). The van der Waals surface area contributed by atoms with Crippen molar-refractivity contribution < 1.29 is 9.47 Å². The van der Waals surface area contributed by atoms with Crippen molar-refractivity contribution in [1.29, 1.82) is 0 Å². The molecule has 2 aliphatic heterocycles. The Morgan fingerprint density at radius 1 is 1.32 bits per heavy atom. The van der Waals surface area contributed by atoms with Crippen LogP contribution in [0.4, 0.5) is 0 Å². The topological polar surface area (TPSA) is 33.7 Å². The fourth-order valence-corrected chi connectivity index (χ4v) is 2.85. The molecule has 2 aliphatic rings. The zero-order valence-corrected chi connectivity index (χ0v) is 11.6. The molecule has 1 N–H and O–H groups in total. The quantitative estimate of drug-likeness (QED) is 0.880. The molecular formula is C15H22N2O2. The molecule has 4 nitrogen and oxygen atoms in total. The Hall–Kier alpha value is -1.26. The molecule has 0 aromatic heterocycles. The van der Waals surface area contributed by atoms with Gasteiger partial charge in [-0.15, -0.1) is 0 Å². The van der Waals surface area contributed by atoms with E-state index in [-0.39, 0.29) is 0 Å². The van der Waals surface area contributed by atoms with Crippen LogP contribution < -0.4 is 14.8 Å². The van der Waals surface area contributed by atoms with E-state index in [0.29, 0.717) is 0 Å². The third kappa shape index (κ3) is 2.85. The molecule has 1 fully saturated rings. The lowest BCUT2D eigenvalue weighted by atomic mass is 10.0. The average molecular weight is 262 g/mol. The molecule has 1 aromatic rings. The summed E-state index contributed by atoms with van der Waals surface area (Å²) in [6, 6.07) is 4.42. The second-order valence-electron chi connectivity index (χ2n) is 5.23. The number of piperazine rings is 1. The van der Waals surface area contributed by atoms with Crippen LogP contribution in [0, 0.1) is 0 Å². The van der Waals surface area contributed by atoms with Crippen molar-refractivity contribution in [3.8, 4) is 11.5 Å². The highest BCUT2D eigenvalue weighted by Crippen LogP contribution is 2.36. The van der Waals surface area contributed by atoms with Crippen LogP contribution in [0.25, 0.3) is 0 Å². The summed E-state index contributed by atoms with van der Waals surface area (Å²) in [5.74, 6) is 1.85. The largest absolute Gasteiger partial charge is 0.493 e. The van der Waals surface area contributed by atoms with Crippen LogP contribution in [0.3, 0.4) is 0 Å². The minimum atomic E-state index is 0.785. The van der Waals surface area contributed by atoms with Crippen LogP contribution >= 0.6 is 0 Å². The normalized spacial score (nSPS) is 19.0. The maximum absolute atomic E-state index is 5.63. The Kier molecular flexibility index (Phi) is 3.89. The summed E-state index contributed by atoms with van der Waals surface area (Å²) >= 11 is 0. The summed E-state index contributed by atoms with van der Waals surface area (Å²) in [5, 5.41) is 3.39. The Labute approximate surface area is 114 Å². The van der Waals surface area contributed by atoms with Crippen LogP contribution in [0.2, 0.25) is 0 Å². The van der Waals surface area contributed by atoms with E-state index in [0.717, 1.165) is 63.7 Å². The van der Waals surface area contributed by atoms with Crippen LogP contribution in [0.15, 0.2) is 12.1 Å². The Bertz CT molecular complexity index is 442. The summed E-state index contributed by atoms with van der Waals surface area (Å²) < 4.78 is 11.1. The van der Waals surface area contributed by atoms with E-state index in [1.165, 1.54) is 11.1 Å². The van der Waals surface area contributed by atoms with Gasteiger partial charge in [0.2, 0.25) is 0 Å². The summed E-state index contributed by atoms with van der Waals surface area (Å²) in [4.78, 5) is 2.52. The average Bonchev–Trinajstić information content (AvgIpc) is 2.93. The molecule has 0 saturated carbocycles. The second-order valence-corrected chi connectivity index (χ2v) is 5.23. The van der Waals surface area contributed by atoms with Gasteiger partial charge in [-0.25, -0.2) is 0 Å². The monoisotopic (exact) mass is 262 g/mol. The van der Waals surface area contributed by atoms with E-state index in [1.54, 1.807) is 7.11 Å². The van der Waals surface area contributed by atoms with E-state index in [1.807, 2.05) is 0 Å². The highest BCUT2D eigenvalue weighted by molar-refractivity contribution is 5.51. The zero-order valence-electron chi connectivity index (χ0n) is 11.6. The minimum absolute atomic E-state index is 0.785. The molecule has 0 amide bonds. The predicted octanol–water partition coefficient (Wildman–Crippen LogP) is 1.08. The number of nitrogens with zero attached hydrogens (tertiary/aromatic N) is 1. The molecule has 0 bridgehead atoms. The number of nitrogens with one attached hydrogen (secondary N) is 1. The van der Waals surface area contributed by atoms with Gasteiger partial charge in [-0.05, 0) is 18.1 Å². The first-order valence-electron chi connectivity index (χ1n) is 7.12. The van der Waals surface area contributed by atoms with Gasteiger partial charge in [-0.2, -0.15) is 0 Å². The SMILES string of the molecule is COc1cc(CCN2CCNCC2)cc2c1OCC2. The maximum atomic E-state index is 5.63. The third-order valence-electron chi connectivity index (χ3n) is 3.96. The van der Waals surface area contributed by atoms with Gasteiger partial charge in [0.1, 0.15) is 0 Å². The van der Waals surface area contributed by atoms with Crippen molar-refractivity contribution in [3.63, 3.8) is 0 Å². The van der Waals surface area contributed by atoms with Gasteiger partial charge in [-0.1, -0.05) is 6.07 Å². The second kappa shape index (κ2) is 5.80. The van der Waals surface area contributed by atoms with E-state index in [4.69, 9.17) is 9.47 Å². The van der Waals surface area contributed by atoms with Crippen LogP contribution in [0.1, 0.15) is 11.1 Å². The molecule has 1 aromatic carbocycles. The van der Waals surface area contributed by atoms with Crippen molar-refractivity contribution in [2.45, 2.75) is 12.8 Å². The lowest BCUT2D eigenvalue weighted by molar-refractivity contribution is 0.244. The van der Waals surface area contributed by atoms with Crippen molar-refractivity contribution in [2.75, 3.05) is 46.4 Å². The summed E-state index contributed by atoms with van der Waals surface area (Å²) in [5.41, 5.74) is 2.66. The number of hydrogen-bond acceptors (Lipinski definition) is 4. The number of fused-ring (bicyclic) bond motifs is 1. The number of rotatable bonds is 4. The number of methoxy groups -OCH3 is 1. The molecule has 0 aliphatic carbocycles. The van der Waals surface area contributed by atoms with Gasteiger partial charge in [0.15, 0.2) is 11.5 Å². The first kappa shape index (κ1) is 12.8. The Morgan fingerprint density at radius 3 is 2.95 bits per heavy atom. The van der Waals surface area contributed by atoms with E-state index < -0.39 is 0 Å². The molecular weight excluding hydrogens is 240 g/mol. The van der Waals surface area contributed by atoms with Crippen molar-refractivity contribution >= 4 is 0 Å². The maximum Gasteiger partial charge on any atom is 0.164 e. The fraction of sp³-hybridized carbons (Fsp3) is 0.600. The Balaban J connectivity index is 1.67. The first-order valence-corrected chi connectivity index (χ1v) is 7.12. The summed E-state index contributed by atoms with van der Waals surface area (Å²) in [7, 11) is 1.72. The summed E-state index contributed by atoms with van der Waals surface area (Å²) in [6.45, 7) is 6.45. The van der Waals surface area contributed by atoms with Crippen LogP contribution in [-0.4, -0.2) is 51.3 Å². The van der Waals surface area contributed by atoms with Gasteiger partial charge < -0.3 is 19.7 Å². The molecule has 0 atom stereocenters. The van der Waals surface area contributed by atoms with Crippen molar-refractivity contribution in [3.05, 3.63) is 23.3 Å². The number of benzene rings is 1. The van der Waals surface area contributed by atoms with Crippen LogP contribution in [0.5, 0.6) is 11.5 Å². The van der Waals surface area contributed by atoms with Crippen molar-refractivity contribution in [2.24, 2.45) is 0 Å². The number of ether oxygens (including phenoxy) is 2. The van der Waals surface area contributed by atoms with Gasteiger partial charge in [0, 0.05) is 44.7 Å². The van der Waals surface area contributed by atoms with Crippen LogP contribution in [-0.2, 0) is 12.8 Å². The standard InChI is InChI=1S/C15H22N2O2/c1-18-14-11-12(10-13-3-9-19-15(13)14)2-6-17-7-4-16-5-8-17/h10-11,16H,2-9H2,1H3. The first-order chi connectivity index (χ1) is 9.36.